The van der Waals surface area contributed by atoms with Gasteiger partial charge < -0.3 is 10.5 Å². The van der Waals surface area contributed by atoms with Gasteiger partial charge in [0.25, 0.3) is 0 Å². The van der Waals surface area contributed by atoms with E-state index >= 15 is 0 Å². The van der Waals surface area contributed by atoms with Crippen LogP contribution in [0, 0.1) is 0 Å². The van der Waals surface area contributed by atoms with Gasteiger partial charge in [-0.2, -0.15) is 0 Å². The van der Waals surface area contributed by atoms with Crippen molar-refractivity contribution in [3.8, 4) is 17.0 Å². The number of benzene rings is 1. The smallest absolute Gasteiger partial charge is 0.152 e. The molecule has 96 valence electrons. The van der Waals surface area contributed by atoms with Crippen molar-refractivity contribution in [1.82, 2.24) is 4.98 Å². The molecule has 18 heavy (non-hydrogen) atoms. The van der Waals surface area contributed by atoms with Crippen LogP contribution in [0.25, 0.3) is 11.3 Å². The fraction of sp³-hybridized carbons (Fsp3) is 0.308. The summed E-state index contributed by atoms with van der Waals surface area (Å²) >= 11 is 3.32. The van der Waals surface area contributed by atoms with Crippen LogP contribution in [-0.4, -0.2) is 17.8 Å². The van der Waals surface area contributed by atoms with E-state index in [0.717, 1.165) is 38.5 Å². The normalized spacial score (nSPS) is 10.6. The highest BCUT2D eigenvalue weighted by Crippen LogP contribution is 2.35. The molecule has 3 nitrogen and oxygen atoms in total. The molecule has 1 aromatic heterocycles. The molecule has 5 heteroatoms. The lowest BCUT2D eigenvalue weighted by Crippen LogP contribution is -1.87. The standard InChI is InChI=1S/C13H16N2OS2/c1-3-8-17-13-15-11(12(14)18-13)9-4-6-10(16-2)7-5-9/h4-7H,3,8,14H2,1-2H3. The van der Waals surface area contributed by atoms with Crippen molar-refractivity contribution in [2.24, 2.45) is 0 Å². The Hall–Kier alpha value is -1.20. The van der Waals surface area contributed by atoms with Gasteiger partial charge in [-0.15, -0.1) is 0 Å². The largest absolute Gasteiger partial charge is 0.497 e. The Labute approximate surface area is 115 Å². The monoisotopic (exact) mass is 280 g/mol. The second kappa shape index (κ2) is 6.11. The highest BCUT2D eigenvalue weighted by atomic mass is 32.2. The fourth-order valence-electron chi connectivity index (χ4n) is 1.52. The first-order valence-electron chi connectivity index (χ1n) is 5.78. The molecule has 0 aliphatic heterocycles. The summed E-state index contributed by atoms with van der Waals surface area (Å²) < 4.78 is 6.18. The SMILES string of the molecule is CCCSc1nc(-c2ccc(OC)cc2)c(N)s1. The van der Waals surface area contributed by atoms with Crippen LogP contribution >= 0.6 is 23.1 Å². The van der Waals surface area contributed by atoms with E-state index < -0.39 is 0 Å². The molecule has 0 fully saturated rings. The molecule has 0 aliphatic rings. The lowest BCUT2D eigenvalue weighted by Gasteiger charge is -2.01. The maximum absolute atomic E-state index is 6.03. The van der Waals surface area contributed by atoms with Crippen molar-refractivity contribution < 1.29 is 4.74 Å². The predicted molar refractivity (Wildman–Crippen MR) is 79.5 cm³/mol. The average Bonchev–Trinajstić information content (AvgIpc) is 2.78. The Bertz CT molecular complexity index is 508. The van der Waals surface area contributed by atoms with Crippen molar-refractivity contribution in [2.45, 2.75) is 17.7 Å². The van der Waals surface area contributed by atoms with Gasteiger partial charge in [-0.1, -0.05) is 30.0 Å². The molecule has 1 heterocycles. The van der Waals surface area contributed by atoms with E-state index in [0.29, 0.717) is 0 Å². The summed E-state index contributed by atoms with van der Waals surface area (Å²) in [6.07, 6.45) is 1.14. The number of rotatable bonds is 5. The molecule has 0 aliphatic carbocycles. The van der Waals surface area contributed by atoms with E-state index in [9.17, 15) is 0 Å². The number of nitrogen functional groups attached to an aromatic ring is 1. The summed E-state index contributed by atoms with van der Waals surface area (Å²) in [5, 5.41) is 0.777. The van der Waals surface area contributed by atoms with Gasteiger partial charge in [0.15, 0.2) is 4.34 Å². The van der Waals surface area contributed by atoms with Gasteiger partial charge in [-0.25, -0.2) is 4.98 Å². The van der Waals surface area contributed by atoms with Crippen LogP contribution in [-0.2, 0) is 0 Å². The summed E-state index contributed by atoms with van der Waals surface area (Å²) in [7, 11) is 1.66. The molecule has 0 atom stereocenters. The Kier molecular flexibility index (Phi) is 4.49. The number of anilines is 1. The van der Waals surface area contributed by atoms with Crippen LogP contribution in [0.3, 0.4) is 0 Å². The van der Waals surface area contributed by atoms with Crippen LogP contribution in [0.5, 0.6) is 5.75 Å². The van der Waals surface area contributed by atoms with Gasteiger partial charge >= 0.3 is 0 Å². The zero-order valence-corrected chi connectivity index (χ0v) is 12.1. The van der Waals surface area contributed by atoms with Gasteiger partial charge in [0.2, 0.25) is 0 Å². The molecule has 0 saturated heterocycles. The molecule has 0 radical (unpaired) electrons. The van der Waals surface area contributed by atoms with Crippen molar-refractivity contribution in [1.29, 1.82) is 0 Å². The molecule has 2 N–H and O–H groups in total. The first-order valence-corrected chi connectivity index (χ1v) is 7.58. The van der Waals surface area contributed by atoms with Crippen LogP contribution in [0.2, 0.25) is 0 Å². The number of hydrogen-bond acceptors (Lipinski definition) is 5. The molecule has 0 saturated carbocycles. The van der Waals surface area contributed by atoms with Crippen LogP contribution in [0.15, 0.2) is 28.6 Å². The molecule has 0 unspecified atom stereocenters. The van der Waals surface area contributed by atoms with Gasteiger partial charge in [-0.3, -0.25) is 0 Å². The predicted octanol–water partition coefficient (Wildman–Crippen LogP) is 3.90. The van der Waals surface area contributed by atoms with E-state index in [1.165, 1.54) is 0 Å². The zero-order chi connectivity index (χ0) is 13.0. The number of thioether (sulfide) groups is 1. The summed E-state index contributed by atoms with van der Waals surface area (Å²) in [5.41, 5.74) is 7.94. The molecule has 1 aromatic carbocycles. The number of aromatic nitrogens is 1. The Morgan fingerprint density at radius 1 is 1.33 bits per heavy atom. The second-order valence-corrected chi connectivity index (χ2v) is 6.14. The average molecular weight is 280 g/mol. The second-order valence-electron chi connectivity index (χ2n) is 3.77. The van der Waals surface area contributed by atoms with Gasteiger partial charge in [-0.05, 0) is 30.7 Å². The van der Waals surface area contributed by atoms with E-state index in [-0.39, 0.29) is 0 Å². The Morgan fingerprint density at radius 2 is 2.06 bits per heavy atom. The van der Waals surface area contributed by atoms with Crippen molar-refractivity contribution in [3.05, 3.63) is 24.3 Å². The third-order valence-corrected chi connectivity index (χ3v) is 4.66. The minimum Gasteiger partial charge on any atom is -0.497 e. The molecule has 0 spiro atoms. The van der Waals surface area contributed by atoms with E-state index in [1.807, 2.05) is 24.3 Å². The molecule has 0 amide bonds. The number of nitrogens with zero attached hydrogens (tertiary/aromatic N) is 1. The molecular weight excluding hydrogens is 264 g/mol. The lowest BCUT2D eigenvalue weighted by molar-refractivity contribution is 0.415. The lowest BCUT2D eigenvalue weighted by atomic mass is 10.1. The van der Waals surface area contributed by atoms with Crippen molar-refractivity contribution >= 4 is 28.1 Å². The summed E-state index contributed by atoms with van der Waals surface area (Å²) in [4.78, 5) is 4.59. The topological polar surface area (TPSA) is 48.1 Å². The number of thiazole rings is 1. The molecule has 0 bridgehead atoms. The number of nitrogens with two attached hydrogens (primary N) is 1. The molecule has 2 rings (SSSR count). The first kappa shape index (κ1) is 13.2. The van der Waals surface area contributed by atoms with E-state index in [2.05, 4.69) is 11.9 Å². The van der Waals surface area contributed by atoms with E-state index in [1.54, 1.807) is 30.2 Å². The fourth-order valence-corrected chi connectivity index (χ4v) is 3.39. The van der Waals surface area contributed by atoms with Gasteiger partial charge in [0.1, 0.15) is 16.4 Å². The third-order valence-electron chi connectivity index (χ3n) is 2.43. The minimum atomic E-state index is 0.777. The Balaban J connectivity index is 2.23. The maximum Gasteiger partial charge on any atom is 0.152 e. The first-order chi connectivity index (χ1) is 8.74. The summed E-state index contributed by atoms with van der Waals surface area (Å²) in [6, 6.07) is 7.82. The Morgan fingerprint density at radius 3 is 2.67 bits per heavy atom. The van der Waals surface area contributed by atoms with Crippen LogP contribution < -0.4 is 10.5 Å². The maximum atomic E-state index is 6.03. The molecule has 2 aromatic rings. The number of methoxy groups -OCH3 is 1. The van der Waals surface area contributed by atoms with E-state index in [4.69, 9.17) is 10.5 Å². The van der Waals surface area contributed by atoms with Gasteiger partial charge in [0.05, 0.1) is 7.11 Å². The van der Waals surface area contributed by atoms with Crippen LogP contribution in [0.1, 0.15) is 13.3 Å². The number of ether oxygens (including phenoxy) is 1. The highest BCUT2D eigenvalue weighted by Gasteiger charge is 2.10. The molecular formula is C13H16N2OS2. The number of hydrogen-bond donors (Lipinski definition) is 1. The van der Waals surface area contributed by atoms with Gasteiger partial charge in [0, 0.05) is 11.3 Å². The van der Waals surface area contributed by atoms with Crippen molar-refractivity contribution in [2.75, 3.05) is 18.6 Å². The third kappa shape index (κ3) is 2.97. The van der Waals surface area contributed by atoms with Crippen LogP contribution in [0.4, 0.5) is 5.00 Å². The zero-order valence-electron chi connectivity index (χ0n) is 10.5. The highest BCUT2D eigenvalue weighted by molar-refractivity contribution is 8.01. The minimum absolute atomic E-state index is 0.777. The quantitative estimate of drug-likeness (QED) is 0.844. The summed E-state index contributed by atoms with van der Waals surface area (Å²) in [6.45, 7) is 2.16. The summed E-state index contributed by atoms with van der Waals surface area (Å²) in [5.74, 6) is 1.92. The van der Waals surface area contributed by atoms with Crippen molar-refractivity contribution in [3.63, 3.8) is 0 Å².